The van der Waals surface area contributed by atoms with Gasteiger partial charge in [-0.1, -0.05) is 0 Å². The highest BCUT2D eigenvalue weighted by Gasteiger charge is 2.21. The highest BCUT2D eigenvalue weighted by molar-refractivity contribution is 8.00. The first-order chi connectivity index (χ1) is 6.34. The highest BCUT2D eigenvalue weighted by Crippen LogP contribution is 2.27. The minimum absolute atomic E-state index is 0.449. The van der Waals surface area contributed by atoms with Crippen molar-refractivity contribution >= 4 is 11.8 Å². The average molecular weight is 200 g/mol. The summed E-state index contributed by atoms with van der Waals surface area (Å²) in [6, 6.07) is 0.449. The molecule has 0 amide bonds. The molecule has 0 saturated carbocycles. The third-order valence-corrected chi connectivity index (χ3v) is 4.52. The molecule has 0 spiro atoms. The lowest BCUT2D eigenvalue weighted by molar-refractivity contribution is 0.199. The zero-order valence-electron chi connectivity index (χ0n) is 8.24. The molecular formula is C10H20N2S. The van der Waals surface area contributed by atoms with Crippen LogP contribution in [0.3, 0.4) is 0 Å². The highest BCUT2D eigenvalue weighted by atomic mass is 32.2. The molecule has 1 atom stereocenters. The molecule has 2 N–H and O–H groups in total. The van der Waals surface area contributed by atoms with Gasteiger partial charge in [0, 0.05) is 12.6 Å². The Balaban J connectivity index is 1.62. The molecule has 0 aromatic carbocycles. The minimum atomic E-state index is 0.449. The summed E-state index contributed by atoms with van der Waals surface area (Å²) < 4.78 is 0. The normalized spacial score (nSPS) is 31.6. The van der Waals surface area contributed by atoms with Gasteiger partial charge in [0.2, 0.25) is 0 Å². The first kappa shape index (κ1) is 9.81. The average Bonchev–Trinajstić information content (AvgIpc) is 2.01. The van der Waals surface area contributed by atoms with E-state index in [1.807, 2.05) is 0 Å². The summed E-state index contributed by atoms with van der Waals surface area (Å²) in [5.74, 6) is 3.82. The monoisotopic (exact) mass is 200 g/mol. The van der Waals surface area contributed by atoms with Gasteiger partial charge >= 0.3 is 0 Å². The van der Waals surface area contributed by atoms with Crippen LogP contribution in [0, 0.1) is 5.92 Å². The minimum Gasteiger partial charge on any atom is -0.327 e. The van der Waals surface area contributed by atoms with Crippen molar-refractivity contribution in [2.24, 2.45) is 11.7 Å². The van der Waals surface area contributed by atoms with Crippen LogP contribution in [0.5, 0.6) is 0 Å². The number of thioether (sulfide) groups is 1. The molecule has 2 heterocycles. The molecule has 13 heavy (non-hydrogen) atoms. The fourth-order valence-corrected chi connectivity index (χ4v) is 3.01. The standard InChI is InChI=1S/C10H20N2S/c11-10-2-1-4-12(6-10)5-3-9-7-13-8-9/h9-10H,1-8,11H2. The second-order valence-electron chi connectivity index (χ2n) is 4.40. The van der Waals surface area contributed by atoms with E-state index in [1.165, 1.54) is 43.9 Å². The summed E-state index contributed by atoms with van der Waals surface area (Å²) in [6.07, 6.45) is 3.94. The fourth-order valence-electron chi connectivity index (χ4n) is 2.11. The van der Waals surface area contributed by atoms with Crippen molar-refractivity contribution in [1.82, 2.24) is 4.90 Å². The van der Waals surface area contributed by atoms with Crippen LogP contribution in [0.25, 0.3) is 0 Å². The molecule has 2 aliphatic rings. The number of nitrogens with two attached hydrogens (primary N) is 1. The summed E-state index contributed by atoms with van der Waals surface area (Å²) in [5.41, 5.74) is 5.93. The van der Waals surface area contributed by atoms with E-state index in [4.69, 9.17) is 5.73 Å². The lowest BCUT2D eigenvalue weighted by Gasteiger charge is -2.33. The molecule has 2 rings (SSSR count). The maximum absolute atomic E-state index is 5.93. The lowest BCUT2D eigenvalue weighted by atomic mass is 10.0. The SMILES string of the molecule is NC1CCCN(CCC2CSC2)C1. The number of piperidine rings is 1. The van der Waals surface area contributed by atoms with Crippen molar-refractivity contribution in [2.75, 3.05) is 31.1 Å². The number of likely N-dealkylation sites (tertiary alicyclic amines) is 1. The molecule has 0 aromatic rings. The Morgan fingerprint density at radius 2 is 2.23 bits per heavy atom. The van der Waals surface area contributed by atoms with Gasteiger partial charge in [-0.15, -0.1) is 0 Å². The van der Waals surface area contributed by atoms with Gasteiger partial charge in [0.1, 0.15) is 0 Å². The Morgan fingerprint density at radius 3 is 2.85 bits per heavy atom. The van der Waals surface area contributed by atoms with Gasteiger partial charge < -0.3 is 10.6 Å². The first-order valence-corrected chi connectivity index (χ1v) is 6.56. The van der Waals surface area contributed by atoms with Crippen LogP contribution >= 0.6 is 11.8 Å². The van der Waals surface area contributed by atoms with E-state index in [0.717, 1.165) is 12.5 Å². The van der Waals surface area contributed by atoms with Crippen LogP contribution in [0.1, 0.15) is 19.3 Å². The molecule has 0 radical (unpaired) electrons. The number of hydrogen-bond donors (Lipinski definition) is 1. The largest absolute Gasteiger partial charge is 0.327 e. The maximum atomic E-state index is 5.93. The first-order valence-electron chi connectivity index (χ1n) is 5.40. The third-order valence-electron chi connectivity index (χ3n) is 3.10. The van der Waals surface area contributed by atoms with Gasteiger partial charge in [-0.3, -0.25) is 0 Å². The van der Waals surface area contributed by atoms with E-state index in [-0.39, 0.29) is 0 Å². The molecule has 0 bridgehead atoms. The predicted molar refractivity (Wildman–Crippen MR) is 59.1 cm³/mol. The maximum Gasteiger partial charge on any atom is 0.0168 e. The Hall–Kier alpha value is 0.270. The van der Waals surface area contributed by atoms with Gasteiger partial charge in [-0.05, 0) is 49.8 Å². The summed E-state index contributed by atoms with van der Waals surface area (Å²) in [4.78, 5) is 2.55. The summed E-state index contributed by atoms with van der Waals surface area (Å²) in [7, 11) is 0. The van der Waals surface area contributed by atoms with Crippen molar-refractivity contribution < 1.29 is 0 Å². The molecule has 3 heteroatoms. The van der Waals surface area contributed by atoms with Crippen molar-refractivity contribution in [2.45, 2.75) is 25.3 Å². The second kappa shape index (κ2) is 4.67. The molecule has 2 aliphatic heterocycles. The van der Waals surface area contributed by atoms with Gasteiger partial charge in [-0.2, -0.15) is 11.8 Å². The number of hydrogen-bond acceptors (Lipinski definition) is 3. The topological polar surface area (TPSA) is 29.3 Å². The van der Waals surface area contributed by atoms with E-state index < -0.39 is 0 Å². The molecule has 2 saturated heterocycles. The molecular weight excluding hydrogens is 180 g/mol. The van der Waals surface area contributed by atoms with Crippen LogP contribution in [-0.2, 0) is 0 Å². The van der Waals surface area contributed by atoms with Crippen LogP contribution in [-0.4, -0.2) is 42.1 Å². The predicted octanol–water partition coefficient (Wildman–Crippen LogP) is 1.16. The molecule has 1 unspecified atom stereocenters. The van der Waals surface area contributed by atoms with E-state index >= 15 is 0 Å². The second-order valence-corrected chi connectivity index (χ2v) is 5.47. The van der Waals surface area contributed by atoms with Crippen molar-refractivity contribution in [3.8, 4) is 0 Å². The molecule has 0 aliphatic carbocycles. The van der Waals surface area contributed by atoms with Crippen LogP contribution in [0.4, 0.5) is 0 Å². The third kappa shape index (κ3) is 2.86. The molecule has 0 aromatic heterocycles. The molecule has 2 fully saturated rings. The quantitative estimate of drug-likeness (QED) is 0.741. The molecule has 2 nitrogen and oxygen atoms in total. The number of rotatable bonds is 3. The lowest BCUT2D eigenvalue weighted by Crippen LogP contribution is -2.43. The van der Waals surface area contributed by atoms with Crippen molar-refractivity contribution in [3.63, 3.8) is 0 Å². The zero-order chi connectivity index (χ0) is 9.10. The van der Waals surface area contributed by atoms with Gasteiger partial charge in [0.05, 0.1) is 0 Å². The zero-order valence-corrected chi connectivity index (χ0v) is 9.06. The van der Waals surface area contributed by atoms with Gasteiger partial charge in [-0.25, -0.2) is 0 Å². The van der Waals surface area contributed by atoms with Crippen molar-refractivity contribution in [3.05, 3.63) is 0 Å². The summed E-state index contributed by atoms with van der Waals surface area (Å²) in [5, 5.41) is 0. The summed E-state index contributed by atoms with van der Waals surface area (Å²) >= 11 is 2.09. The smallest absolute Gasteiger partial charge is 0.0168 e. The fraction of sp³-hybridized carbons (Fsp3) is 1.00. The van der Waals surface area contributed by atoms with E-state index in [9.17, 15) is 0 Å². The Morgan fingerprint density at radius 1 is 1.38 bits per heavy atom. The summed E-state index contributed by atoms with van der Waals surface area (Å²) in [6.45, 7) is 3.71. The molecule has 76 valence electrons. The van der Waals surface area contributed by atoms with Gasteiger partial charge in [0.15, 0.2) is 0 Å². The Kier molecular flexibility index (Phi) is 3.52. The van der Waals surface area contributed by atoms with E-state index in [1.54, 1.807) is 0 Å². The van der Waals surface area contributed by atoms with E-state index in [0.29, 0.717) is 6.04 Å². The van der Waals surface area contributed by atoms with Crippen LogP contribution in [0.15, 0.2) is 0 Å². The van der Waals surface area contributed by atoms with Gasteiger partial charge in [0.25, 0.3) is 0 Å². The Bertz CT molecular complexity index is 159. The van der Waals surface area contributed by atoms with Crippen LogP contribution in [0.2, 0.25) is 0 Å². The van der Waals surface area contributed by atoms with Crippen molar-refractivity contribution in [1.29, 1.82) is 0 Å². The van der Waals surface area contributed by atoms with E-state index in [2.05, 4.69) is 16.7 Å². The number of nitrogens with zero attached hydrogens (tertiary/aromatic N) is 1. The Labute approximate surface area is 85.2 Å². The van der Waals surface area contributed by atoms with Crippen LogP contribution < -0.4 is 5.73 Å².